The zero-order valence-electron chi connectivity index (χ0n) is 17.0. The lowest BCUT2D eigenvalue weighted by atomic mass is 10.2. The highest BCUT2D eigenvalue weighted by atomic mass is 35.5. The maximum absolute atomic E-state index is 12.5. The topological polar surface area (TPSA) is 77.7 Å². The number of ether oxygens (including phenoxy) is 2. The zero-order valence-corrected chi connectivity index (χ0v) is 17.8. The Morgan fingerprint density at radius 1 is 1.10 bits per heavy atom. The Labute approximate surface area is 180 Å². The zero-order chi connectivity index (χ0) is 21.3. The molecule has 0 N–H and O–H groups in total. The van der Waals surface area contributed by atoms with E-state index in [1.807, 2.05) is 36.4 Å². The van der Waals surface area contributed by atoms with E-state index in [1.54, 1.807) is 31.3 Å². The fourth-order valence-electron chi connectivity index (χ4n) is 3.01. The molecule has 158 valence electrons. The van der Waals surface area contributed by atoms with Gasteiger partial charge in [0.1, 0.15) is 0 Å². The summed E-state index contributed by atoms with van der Waals surface area (Å²) >= 11 is 5.77. The molecule has 0 bridgehead atoms. The van der Waals surface area contributed by atoms with E-state index in [4.69, 9.17) is 25.6 Å². The highest BCUT2D eigenvalue weighted by Gasteiger charge is 2.17. The third kappa shape index (κ3) is 5.51. The fourth-order valence-corrected chi connectivity index (χ4v) is 3.18. The number of alkyl halides is 1. The van der Waals surface area contributed by atoms with Gasteiger partial charge in [0.25, 0.3) is 0 Å². The number of hydrogen-bond acceptors (Lipinski definition) is 6. The molecule has 0 saturated carbocycles. The molecule has 0 radical (unpaired) electrons. The lowest BCUT2D eigenvalue weighted by Crippen LogP contribution is -2.32. The van der Waals surface area contributed by atoms with Gasteiger partial charge < -0.3 is 18.9 Å². The second-order valence-electron chi connectivity index (χ2n) is 6.57. The lowest BCUT2D eigenvalue weighted by Gasteiger charge is -2.22. The van der Waals surface area contributed by atoms with Crippen LogP contribution in [0.25, 0.3) is 11.4 Å². The second-order valence-corrected chi connectivity index (χ2v) is 6.95. The standard InChI is InChI=1S/C22H24ClN3O4/c1-28-18-9-8-17(14-19(18)29-2)22-24-20(30-25-22)11-13-26(21(27)10-12-23)15-16-6-4-3-5-7-16/h3-9,14H,10-13,15H2,1-2H3. The molecule has 0 aliphatic carbocycles. The minimum absolute atomic E-state index is 0.00603. The number of methoxy groups -OCH3 is 2. The van der Waals surface area contributed by atoms with Crippen LogP contribution in [0.2, 0.25) is 0 Å². The van der Waals surface area contributed by atoms with Crippen LogP contribution in [0.1, 0.15) is 17.9 Å². The van der Waals surface area contributed by atoms with Crippen molar-refractivity contribution < 1.29 is 18.8 Å². The number of benzene rings is 2. The van der Waals surface area contributed by atoms with Gasteiger partial charge >= 0.3 is 0 Å². The summed E-state index contributed by atoms with van der Waals surface area (Å²) in [7, 11) is 3.15. The molecule has 0 unspecified atom stereocenters. The van der Waals surface area contributed by atoms with Gasteiger partial charge in [0.05, 0.1) is 14.2 Å². The van der Waals surface area contributed by atoms with E-state index in [1.165, 1.54) is 0 Å². The van der Waals surface area contributed by atoms with Crippen molar-refractivity contribution in [1.29, 1.82) is 0 Å². The Kier molecular flexibility index (Phi) is 7.68. The van der Waals surface area contributed by atoms with Crippen LogP contribution in [-0.2, 0) is 17.8 Å². The van der Waals surface area contributed by atoms with Crippen molar-refractivity contribution in [3.05, 3.63) is 60.0 Å². The monoisotopic (exact) mass is 429 g/mol. The number of halogens is 1. The van der Waals surface area contributed by atoms with Crippen LogP contribution in [0, 0.1) is 0 Å². The summed E-state index contributed by atoms with van der Waals surface area (Å²) in [6.07, 6.45) is 0.732. The quantitative estimate of drug-likeness (QED) is 0.454. The van der Waals surface area contributed by atoms with Gasteiger partial charge in [-0.1, -0.05) is 35.5 Å². The molecule has 8 heteroatoms. The highest BCUT2D eigenvalue weighted by Crippen LogP contribution is 2.31. The van der Waals surface area contributed by atoms with Crippen LogP contribution in [0.4, 0.5) is 0 Å². The number of carbonyl (C=O) groups excluding carboxylic acids is 1. The molecule has 3 aromatic rings. The van der Waals surface area contributed by atoms with Crippen molar-refractivity contribution in [3.63, 3.8) is 0 Å². The number of aromatic nitrogens is 2. The van der Waals surface area contributed by atoms with Gasteiger partial charge in [-0.25, -0.2) is 0 Å². The summed E-state index contributed by atoms with van der Waals surface area (Å²) in [6.45, 7) is 0.964. The van der Waals surface area contributed by atoms with Crippen molar-refractivity contribution in [1.82, 2.24) is 15.0 Å². The average Bonchev–Trinajstić information content (AvgIpc) is 3.26. The van der Waals surface area contributed by atoms with Gasteiger partial charge in [-0.05, 0) is 23.8 Å². The number of rotatable bonds is 10. The Bertz CT molecular complexity index is 962. The highest BCUT2D eigenvalue weighted by molar-refractivity contribution is 6.18. The predicted octanol–water partition coefficient (Wildman–Crippen LogP) is 3.95. The first kappa shape index (κ1) is 21.6. The first-order valence-corrected chi connectivity index (χ1v) is 10.1. The summed E-state index contributed by atoms with van der Waals surface area (Å²) in [6, 6.07) is 15.2. The van der Waals surface area contributed by atoms with E-state index in [9.17, 15) is 4.79 Å². The third-order valence-electron chi connectivity index (χ3n) is 4.58. The lowest BCUT2D eigenvalue weighted by molar-refractivity contribution is -0.131. The summed E-state index contributed by atoms with van der Waals surface area (Å²) < 4.78 is 16.0. The molecule has 0 spiro atoms. The van der Waals surface area contributed by atoms with Crippen LogP contribution < -0.4 is 9.47 Å². The molecule has 0 aliphatic rings. The third-order valence-corrected chi connectivity index (χ3v) is 4.77. The van der Waals surface area contributed by atoms with E-state index < -0.39 is 0 Å². The molecule has 1 heterocycles. The Morgan fingerprint density at radius 2 is 1.87 bits per heavy atom. The minimum atomic E-state index is -0.00603. The Balaban J connectivity index is 1.69. The largest absolute Gasteiger partial charge is 0.493 e. The number of carbonyl (C=O) groups is 1. The maximum atomic E-state index is 12.5. The molecular formula is C22H24ClN3O4. The normalized spacial score (nSPS) is 10.6. The van der Waals surface area contributed by atoms with Crippen LogP contribution in [0.3, 0.4) is 0 Å². The van der Waals surface area contributed by atoms with E-state index in [-0.39, 0.29) is 18.2 Å². The Morgan fingerprint density at radius 3 is 2.57 bits per heavy atom. The number of hydrogen-bond donors (Lipinski definition) is 0. The smallest absolute Gasteiger partial charge is 0.228 e. The molecule has 3 rings (SSSR count). The molecule has 2 aromatic carbocycles. The van der Waals surface area contributed by atoms with Gasteiger partial charge in [-0.3, -0.25) is 4.79 Å². The van der Waals surface area contributed by atoms with E-state index in [0.29, 0.717) is 42.7 Å². The van der Waals surface area contributed by atoms with Gasteiger partial charge in [0, 0.05) is 37.4 Å². The second kappa shape index (κ2) is 10.6. The number of nitrogens with zero attached hydrogens (tertiary/aromatic N) is 3. The maximum Gasteiger partial charge on any atom is 0.228 e. The van der Waals surface area contributed by atoms with Crippen LogP contribution in [0.15, 0.2) is 53.1 Å². The van der Waals surface area contributed by atoms with Gasteiger partial charge in [0.2, 0.25) is 17.6 Å². The molecule has 1 aromatic heterocycles. The van der Waals surface area contributed by atoms with Gasteiger partial charge in [-0.15, -0.1) is 11.6 Å². The summed E-state index contributed by atoms with van der Waals surface area (Å²) in [5.74, 6) is 2.40. The van der Waals surface area contributed by atoms with E-state index >= 15 is 0 Å². The molecule has 30 heavy (non-hydrogen) atoms. The SMILES string of the molecule is COc1ccc(-c2noc(CCN(Cc3ccccc3)C(=O)CCCl)n2)cc1OC. The molecule has 7 nitrogen and oxygen atoms in total. The van der Waals surface area contributed by atoms with Crippen molar-refractivity contribution >= 4 is 17.5 Å². The van der Waals surface area contributed by atoms with E-state index in [0.717, 1.165) is 11.1 Å². The van der Waals surface area contributed by atoms with E-state index in [2.05, 4.69) is 10.1 Å². The molecule has 0 atom stereocenters. The van der Waals surface area contributed by atoms with Crippen LogP contribution >= 0.6 is 11.6 Å². The van der Waals surface area contributed by atoms with Crippen LogP contribution in [0.5, 0.6) is 11.5 Å². The Hall–Kier alpha value is -3.06. The molecule has 0 aliphatic heterocycles. The van der Waals surface area contributed by atoms with Crippen molar-refractivity contribution in [2.75, 3.05) is 26.6 Å². The molecule has 1 amide bonds. The number of amides is 1. The predicted molar refractivity (Wildman–Crippen MR) is 114 cm³/mol. The first-order chi connectivity index (χ1) is 14.6. The molecular weight excluding hydrogens is 406 g/mol. The van der Waals surface area contributed by atoms with Crippen molar-refractivity contribution in [2.24, 2.45) is 0 Å². The van der Waals surface area contributed by atoms with Crippen LogP contribution in [-0.4, -0.2) is 47.6 Å². The minimum Gasteiger partial charge on any atom is -0.493 e. The van der Waals surface area contributed by atoms with Crippen molar-refractivity contribution in [2.45, 2.75) is 19.4 Å². The summed E-state index contributed by atoms with van der Waals surface area (Å²) in [5.41, 5.74) is 1.80. The fraction of sp³-hybridized carbons (Fsp3) is 0.318. The van der Waals surface area contributed by atoms with Gasteiger partial charge in [0.15, 0.2) is 11.5 Å². The first-order valence-electron chi connectivity index (χ1n) is 9.57. The summed E-state index contributed by atoms with van der Waals surface area (Å²) in [5, 5.41) is 4.05. The van der Waals surface area contributed by atoms with Crippen molar-refractivity contribution in [3.8, 4) is 22.9 Å². The average molecular weight is 430 g/mol. The summed E-state index contributed by atoms with van der Waals surface area (Å²) in [4.78, 5) is 18.7. The molecule has 0 saturated heterocycles. The van der Waals surface area contributed by atoms with Gasteiger partial charge in [-0.2, -0.15) is 4.98 Å². The molecule has 0 fully saturated rings.